The zero-order valence-corrected chi connectivity index (χ0v) is 12.8. The van der Waals surface area contributed by atoms with Crippen LogP contribution in [0.15, 0.2) is 23.4 Å². The van der Waals surface area contributed by atoms with Gasteiger partial charge in [0.05, 0.1) is 0 Å². The number of hydrogen-bond acceptors (Lipinski definition) is 5. The van der Waals surface area contributed by atoms with E-state index in [0.29, 0.717) is 19.0 Å². The Morgan fingerprint density at radius 2 is 2.25 bits per heavy atom. The molecule has 1 aromatic rings. The first kappa shape index (κ1) is 15.4. The summed E-state index contributed by atoms with van der Waals surface area (Å²) in [5, 5.41) is 3.09. The molecule has 7 heteroatoms. The van der Waals surface area contributed by atoms with Crippen molar-refractivity contribution in [1.29, 1.82) is 0 Å². The van der Waals surface area contributed by atoms with Crippen molar-refractivity contribution in [3.05, 3.63) is 23.9 Å². The van der Waals surface area contributed by atoms with Gasteiger partial charge in [-0.25, -0.2) is 18.1 Å². The van der Waals surface area contributed by atoms with Crippen molar-refractivity contribution in [3.8, 4) is 0 Å². The predicted molar refractivity (Wildman–Crippen MR) is 77.8 cm³/mol. The topological polar surface area (TPSA) is 74.3 Å². The zero-order chi connectivity index (χ0) is 14.6. The van der Waals surface area contributed by atoms with Gasteiger partial charge in [-0.1, -0.05) is 6.07 Å². The van der Waals surface area contributed by atoms with Crippen LogP contribution in [0.3, 0.4) is 0 Å². The average Bonchev–Trinajstić information content (AvgIpc) is 2.84. The van der Waals surface area contributed by atoms with Crippen LogP contribution in [-0.4, -0.2) is 52.0 Å². The monoisotopic (exact) mass is 298 g/mol. The molecule has 2 heterocycles. The van der Waals surface area contributed by atoms with E-state index in [-0.39, 0.29) is 5.03 Å². The minimum atomic E-state index is -3.50. The van der Waals surface area contributed by atoms with Gasteiger partial charge in [-0.2, -0.15) is 0 Å². The first-order chi connectivity index (χ1) is 9.51. The van der Waals surface area contributed by atoms with E-state index in [4.69, 9.17) is 0 Å². The molecule has 0 saturated carbocycles. The molecule has 112 valence electrons. The van der Waals surface area contributed by atoms with Crippen LogP contribution in [0.5, 0.6) is 0 Å². The van der Waals surface area contributed by atoms with Crippen molar-refractivity contribution in [2.45, 2.75) is 18.0 Å². The SMILES string of the molecule is CNCc1ccc(S(=O)(=O)NCC2CCN(C)C2)nc1. The van der Waals surface area contributed by atoms with E-state index >= 15 is 0 Å². The molecule has 0 radical (unpaired) electrons. The Morgan fingerprint density at radius 3 is 2.80 bits per heavy atom. The van der Waals surface area contributed by atoms with Gasteiger partial charge in [-0.3, -0.25) is 0 Å². The fraction of sp³-hybridized carbons (Fsp3) is 0.615. The molecule has 1 aliphatic heterocycles. The van der Waals surface area contributed by atoms with Crippen LogP contribution in [0, 0.1) is 5.92 Å². The van der Waals surface area contributed by atoms with Crippen LogP contribution >= 0.6 is 0 Å². The molecule has 1 unspecified atom stereocenters. The smallest absolute Gasteiger partial charge is 0.258 e. The zero-order valence-electron chi connectivity index (χ0n) is 12.0. The molecular weight excluding hydrogens is 276 g/mol. The van der Waals surface area contributed by atoms with Crippen LogP contribution in [-0.2, 0) is 16.6 Å². The normalized spacial score (nSPS) is 20.4. The molecule has 1 aliphatic rings. The molecule has 2 N–H and O–H groups in total. The summed E-state index contributed by atoms with van der Waals surface area (Å²) in [7, 11) is 0.393. The van der Waals surface area contributed by atoms with Gasteiger partial charge in [0.1, 0.15) is 0 Å². The van der Waals surface area contributed by atoms with Crippen LogP contribution in [0.2, 0.25) is 0 Å². The van der Waals surface area contributed by atoms with Gasteiger partial charge >= 0.3 is 0 Å². The van der Waals surface area contributed by atoms with Crippen molar-refractivity contribution < 1.29 is 8.42 Å². The van der Waals surface area contributed by atoms with Gasteiger partial charge in [0.15, 0.2) is 5.03 Å². The van der Waals surface area contributed by atoms with E-state index in [0.717, 1.165) is 25.1 Å². The summed E-state index contributed by atoms with van der Waals surface area (Å²) < 4.78 is 26.9. The summed E-state index contributed by atoms with van der Waals surface area (Å²) >= 11 is 0. The lowest BCUT2D eigenvalue weighted by molar-refractivity contribution is 0.394. The van der Waals surface area contributed by atoms with E-state index in [1.165, 1.54) is 0 Å². The molecule has 0 aromatic carbocycles. The molecule has 1 saturated heterocycles. The maximum Gasteiger partial charge on any atom is 0.258 e. The average molecular weight is 298 g/mol. The summed E-state index contributed by atoms with van der Waals surface area (Å²) in [6, 6.07) is 3.33. The third kappa shape index (κ3) is 3.99. The number of nitrogens with one attached hydrogen (secondary N) is 2. The summed E-state index contributed by atoms with van der Waals surface area (Å²) in [6.45, 7) is 3.13. The Bertz CT molecular complexity index is 530. The van der Waals surface area contributed by atoms with Crippen molar-refractivity contribution in [2.24, 2.45) is 5.92 Å². The number of nitrogens with zero attached hydrogens (tertiary/aromatic N) is 2. The summed E-state index contributed by atoms with van der Waals surface area (Å²) in [6.07, 6.45) is 2.63. The molecule has 1 atom stereocenters. The first-order valence-electron chi connectivity index (χ1n) is 6.79. The molecule has 1 aromatic heterocycles. The second kappa shape index (κ2) is 6.62. The quantitative estimate of drug-likeness (QED) is 0.775. The number of hydrogen-bond donors (Lipinski definition) is 2. The highest BCUT2D eigenvalue weighted by Gasteiger charge is 2.22. The highest BCUT2D eigenvalue weighted by atomic mass is 32.2. The summed E-state index contributed by atoms with van der Waals surface area (Å²) in [4.78, 5) is 6.24. The lowest BCUT2D eigenvalue weighted by Gasteiger charge is -2.12. The van der Waals surface area contributed by atoms with Gasteiger partial charge in [-0.15, -0.1) is 0 Å². The van der Waals surface area contributed by atoms with Gasteiger partial charge in [-0.05, 0) is 44.6 Å². The fourth-order valence-electron chi connectivity index (χ4n) is 2.37. The second-order valence-electron chi connectivity index (χ2n) is 5.30. The van der Waals surface area contributed by atoms with Gasteiger partial charge < -0.3 is 10.2 Å². The van der Waals surface area contributed by atoms with E-state index in [2.05, 4.69) is 27.0 Å². The second-order valence-corrected chi connectivity index (χ2v) is 7.02. The van der Waals surface area contributed by atoms with Gasteiger partial charge in [0, 0.05) is 25.8 Å². The molecule has 1 fully saturated rings. The largest absolute Gasteiger partial charge is 0.316 e. The van der Waals surface area contributed by atoms with Crippen molar-refractivity contribution in [1.82, 2.24) is 19.9 Å². The Kier molecular flexibility index (Phi) is 5.09. The predicted octanol–water partition coefficient (Wildman–Crippen LogP) is 0.0310. The van der Waals surface area contributed by atoms with Crippen LogP contribution in [0.4, 0.5) is 0 Å². The van der Waals surface area contributed by atoms with Crippen molar-refractivity contribution >= 4 is 10.0 Å². The Morgan fingerprint density at radius 1 is 1.45 bits per heavy atom. The van der Waals surface area contributed by atoms with Crippen LogP contribution in [0.25, 0.3) is 0 Å². The van der Waals surface area contributed by atoms with Crippen LogP contribution in [0.1, 0.15) is 12.0 Å². The van der Waals surface area contributed by atoms with E-state index < -0.39 is 10.0 Å². The molecular formula is C13H22N4O2S. The maximum atomic E-state index is 12.1. The van der Waals surface area contributed by atoms with Crippen molar-refractivity contribution in [3.63, 3.8) is 0 Å². The minimum Gasteiger partial charge on any atom is -0.316 e. The Hall–Kier alpha value is -1.02. The Balaban J connectivity index is 1.95. The molecule has 0 amide bonds. The fourth-order valence-corrected chi connectivity index (χ4v) is 3.41. The lowest BCUT2D eigenvalue weighted by Crippen LogP contribution is -2.31. The van der Waals surface area contributed by atoms with Crippen LogP contribution < -0.4 is 10.0 Å². The standard InChI is InChI=1S/C13H22N4O2S/c1-14-7-11-3-4-13(15-8-11)20(18,19)16-9-12-5-6-17(2)10-12/h3-4,8,12,14,16H,5-7,9-10H2,1-2H3. The number of aromatic nitrogens is 1. The molecule has 0 aliphatic carbocycles. The van der Waals surface area contributed by atoms with E-state index in [9.17, 15) is 8.42 Å². The highest BCUT2D eigenvalue weighted by Crippen LogP contribution is 2.14. The third-order valence-corrected chi connectivity index (χ3v) is 4.84. The van der Waals surface area contributed by atoms with Gasteiger partial charge in [0.2, 0.25) is 0 Å². The number of sulfonamides is 1. The lowest BCUT2D eigenvalue weighted by atomic mass is 10.1. The first-order valence-corrected chi connectivity index (χ1v) is 8.27. The maximum absolute atomic E-state index is 12.1. The third-order valence-electron chi connectivity index (χ3n) is 3.50. The number of pyridine rings is 1. The highest BCUT2D eigenvalue weighted by molar-refractivity contribution is 7.89. The molecule has 0 spiro atoms. The summed E-state index contributed by atoms with van der Waals surface area (Å²) in [5.74, 6) is 0.387. The number of rotatable bonds is 6. The molecule has 0 bridgehead atoms. The minimum absolute atomic E-state index is 0.0868. The van der Waals surface area contributed by atoms with E-state index in [1.54, 1.807) is 18.3 Å². The molecule has 6 nitrogen and oxygen atoms in total. The Labute approximate surface area is 120 Å². The van der Waals surface area contributed by atoms with Crippen molar-refractivity contribution in [2.75, 3.05) is 33.7 Å². The van der Waals surface area contributed by atoms with E-state index in [1.807, 2.05) is 7.05 Å². The molecule has 2 rings (SSSR count). The van der Waals surface area contributed by atoms with Gasteiger partial charge in [0.25, 0.3) is 10.0 Å². The molecule has 20 heavy (non-hydrogen) atoms. The summed E-state index contributed by atoms with van der Waals surface area (Å²) in [5.41, 5.74) is 0.962. The number of likely N-dealkylation sites (tertiary alicyclic amines) is 1.